The zero-order chi connectivity index (χ0) is 8.81. The third-order valence-electron chi connectivity index (χ3n) is 2.07. The Bertz CT molecular complexity index is 208. The number of rotatable bonds is 1. The van der Waals surface area contributed by atoms with E-state index >= 15 is 0 Å². The summed E-state index contributed by atoms with van der Waals surface area (Å²) in [4.78, 5) is 2.72. The van der Waals surface area contributed by atoms with Crippen LogP contribution in [0.25, 0.3) is 10.4 Å². The molecule has 4 heteroatoms. The maximum absolute atomic E-state index is 9.51. The highest BCUT2D eigenvalue weighted by molar-refractivity contribution is 4.90. The highest BCUT2D eigenvalue weighted by Gasteiger charge is 2.17. The number of hydrogen-bond donors (Lipinski definition) is 1. The Morgan fingerprint density at radius 2 is 2.00 bits per heavy atom. The van der Waals surface area contributed by atoms with Crippen molar-refractivity contribution in [1.29, 1.82) is 0 Å². The van der Waals surface area contributed by atoms with E-state index in [-0.39, 0.29) is 6.04 Å². The summed E-state index contributed by atoms with van der Waals surface area (Å²) in [5.74, 6) is 0. The Balaban J connectivity index is 2.57. The molecule has 0 aromatic carbocycles. The van der Waals surface area contributed by atoms with Gasteiger partial charge in [0.15, 0.2) is 0 Å². The van der Waals surface area contributed by atoms with Crippen LogP contribution < -0.4 is 0 Å². The standard InChI is InChI=1S/C8H13N3O/c9-11-10-7-5-3-1-2-4-6-8(7)12/h1-2,7-8,12H,3-6H2/t7-,8+/m0/s1. The van der Waals surface area contributed by atoms with Gasteiger partial charge in [-0.15, -0.1) is 0 Å². The van der Waals surface area contributed by atoms with E-state index in [2.05, 4.69) is 22.2 Å². The first-order chi connectivity index (χ1) is 5.84. The fourth-order valence-corrected chi connectivity index (χ4v) is 1.36. The van der Waals surface area contributed by atoms with Crippen LogP contribution in [0.4, 0.5) is 0 Å². The molecule has 0 heterocycles. The predicted octanol–water partition coefficient (Wildman–Crippen LogP) is 2.16. The second-order valence-corrected chi connectivity index (χ2v) is 2.97. The topological polar surface area (TPSA) is 69.0 Å². The lowest BCUT2D eigenvalue weighted by Gasteiger charge is -2.18. The lowest BCUT2D eigenvalue weighted by atomic mass is 9.99. The summed E-state index contributed by atoms with van der Waals surface area (Å²) < 4.78 is 0. The van der Waals surface area contributed by atoms with Gasteiger partial charge in [0.1, 0.15) is 0 Å². The summed E-state index contributed by atoms with van der Waals surface area (Å²) in [5, 5.41) is 13.1. The van der Waals surface area contributed by atoms with Crippen molar-refractivity contribution in [3.63, 3.8) is 0 Å². The Morgan fingerprint density at radius 1 is 1.33 bits per heavy atom. The first-order valence-electron chi connectivity index (χ1n) is 4.22. The molecule has 0 fully saturated rings. The first kappa shape index (κ1) is 9.10. The maximum atomic E-state index is 9.51. The molecule has 0 spiro atoms. The molecule has 0 aromatic heterocycles. The van der Waals surface area contributed by atoms with Crippen LogP contribution in [0.15, 0.2) is 17.3 Å². The molecular weight excluding hydrogens is 154 g/mol. The lowest BCUT2D eigenvalue weighted by Crippen LogP contribution is -2.24. The van der Waals surface area contributed by atoms with E-state index in [0.29, 0.717) is 6.42 Å². The van der Waals surface area contributed by atoms with E-state index in [9.17, 15) is 5.11 Å². The number of aliphatic hydroxyl groups is 1. The summed E-state index contributed by atoms with van der Waals surface area (Å²) >= 11 is 0. The molecule has 0 radical (unpaired) electrons. The summed E-state index contributed by atoms with van der Waals surface area (Å²) in [6, 6.07) is -0.236. The molecule has 0 bridgehead atoms. The van der Waals surface area contributed by atoms with Crippen LogP contribution in [0.2, 0.25) is 0 Å². The smallest absolute Gasteiger partial charge is 0.0636 e. The van der Waals surface area contributed by atoms with E-state index in [1.807, 2.05) is 0 Å². The van der Waals surface area contributed by atoms with E-state index < -0.39 is 6.10 Å². The summed E-state index contributed by atoms with van der Waals surface area (Å²) in [6.45, 7) is 0. The van der Waals surface area contributed by atoms with Crippen LogP contribution in [0.3, 0.4) is 0 Å². The van der Waals surface area contributed by atoms with E-state index in [1.54, 1.807) is 0 Å². The van der Waals surface area contributed by atoms with Crippen LogP contribution in [0.1, 0.15) is 25.7 Å². The summed E-state index contributed by atoms with van der Waals surface area (Å²) in [7, 11) is 0. The molecule has 0 saturated carbocycles. The van der Waals surface area contributed by atoms with Crippen LogP contribution in [-0.4, -0.2) is 17.3 Å². The highest BCUT2D eigenvalue weighted by Crippen LogP contribution is 2.16. The molecule has 1 aliphatic rings. The van der Waals surface area contributed by atoms with Crippen molar-refractivity contribution in [2.75, 3.05) is 0 Å². The van der Waals surface area contributed by atoms with E-state index in [1.165, 1.54) is 0 Å². The predicted molar refractivity (Wildman–Crippen MR) is 46.5 cm³/mol. The molecule has 4 nitrogen and oxygen atoms in total. The van der Waals surface area contributed by atoms with Crippen LogP contribution in [0, 0.1) is 0 Å². The molecule has 0 amide bonds. The molecule has 0 saturated heterocycles. The Morgan fingerprint density at radius 3 is 2.67 bits per heavy atom. The van der Waals surface area contributed by atoms with E-state index in [0.717, 1.165) is 19.3 Å². The van der Waals surface area contributed by atoms with Gasteiger partial charge in [-0.2, -0.15) is 0 Å². The fraction of sp³-hybridized carbons (Fsp3) is 0.750. The van der Waals surface area contributed by atoms with Gasteiger partial charge in [-0.1, -0.05) is 17.3 Å². The Kier molecular flexibility index (Phi) is 3.64. The monoisotopic (exact) mass is 167 g/mol. The number of aliphatic hydroxyl groups excluding tert-OH is 1. The van der Waals surface area contributed by atoms with Crippen LogP contribution in [0.5, 0.6) is 0 Å². The van der Waals surface area contributed by atoms with Gasteiger partial charge < -0.3 is 5.11 Å². The quantitative estimate of drug-likeness (QED) is 0.276. The average molecular weight is 167 g/mol. The molecule has 0 aromatic rings. The third kappa shape index (κ3) is 2.57. The highest BCUT2D eigenvalue weighted by atomic mass is 16.3. The van der Waals surface area contributed by atoms with Crippen molar-refractivity contribution < 1.29 is 5.11 Å². The minimum atomic E-state index is -0.467. The van der Waals surface area contributed by atoms with Gasteiger partial charge in [0.25, 0.3) is 0 Å². The molecule has 0 aliphatic heterocycles. The zero-order valence-corrected chi connectivity index (χ0v) is 6.93. The Labute approximate surface area is 71.5 Å². The molecule has 66 valence electrons. The first-order valence-corrected chi connectivity index (χ1v) is 4.22. The van der Waals surface area contributed by atoms with Crippen molar-refractivity contribution in [3.8, 4) is 0 Å². The number of hydrogen-bond acceptors (Lipinski definition) is 2. The third-order valence-corrected chi connectivity index (χ3v) is 2.07. The van der Waals surface area contributed by atoms with Crippen LogP contribution >= 0.6 is 0 Å². The van der Waals surface area contributed by atoms with Crippen molar-refractivity contribution in [1.82, 2.24) is 0 Å². The summed E-state index contributed by atoms with van der Waals surface area (Å²) in [5.41, 5.74) is 8.23. The zero-order valence-electron chi connectivity index (χ0n) is 6.93. The SMILES string of the molecule is [N-]=[N+]=N[C@H]1CCC=CCC[C@H]1O. The van der Waals surface area contributed by atoms with Gasteiger partial charge in [-0.25, -0.2) is 0 Å². The minimum Gasteiger partial charge on any atom is -0.393 e. The van der Waals surface area contributed by atoms with Gasteiger partial charge in [0.05, 0.1) is 12.1 Å². The van der Waals surface area contributed by atoms with E-state index in [4.69, 9.17) is 5.53 Å². The molecule has 1 N–H and O–H groups in total. The molecule has 12 heavy (non-hydrogen) atoms. The molecule has 0 unspecified atom stereocenters. The van der Waals surface area contributed by atoms with Gasteiger partial charge in [0.2, 0.25) is 0 Å². The molecule has 1 aliphatic carbocycles. The normalized spacial score (nSPS) is 30.1. The maximum Gasteiger partial charge on any atom is 0.0636 e. The lowest BCUT2D eigenvalue weighted by molar-refractivity contribution is 0.131. The molecular formula is C8H13N3O. The van der Waals surface area contributed by atoms with Crippen molar-refractivity contribution in [3.05, 3.63) is 22.6 Å². The van der Waals surface area contributed by atoms with Crippen molar-refractivity contribution in [2.24, 2.45) is 5.11 Å². The summed E-state index contributed by atoms with van der Waals surface area (Å²) in [6.07, 6.45) is 6.88. The number of allylic oxidation sites excluding steroid dienone is 2. The number of azide groups is 1. The minimum absolute atomic E-state index is 0.236. The van der Waals surface area contributed by atoms with Gasteiger partial charge in [-0.05, 0) is 31.2 Å². The fourth-order valence-electron chi connectivity index (χ4n) is 1.36. The van der Waals surface area contributed by atoms with Gasteiger partial charge in [0, 0.05) is 4.91 Å². The average Bonchev–Trinajstić information content (AvgIpc) is 2.05. The molecule has 1 rings (SSSR count). The number of nitrogens with zero attached hydrogens (tertiary/aromatic N) is 3. The second-order valence-electron chi connectivity index (χ2n) is 2.97. The Hall–Kier alpha value is -0.990. The van der Waals surface area contributed by atoms with Crippen LogP contribution in [-0.2, 0) is 0 Å². The van der Waals surface area contributed by atoms with Gasteiger partial charge in [-0.3, -0.25) is 0 Å². The van der Waals surface area contributed by atoms with Crippen molar-refractivity contribution >= 4 is 0 Å². The van der Waals surface area contributed by atoms with Gasteiger partial charge >= 0.3 is 0 Å². The second kappa shape index (κ2) is 4.80. The largest absolute Gasteiger partial charge is 0.393 e. The molecule has 2 atom stereocenters. The van der Waals surface area contributed by atoms with Crippen molar-refractivity contribution in [2.45, 2.75) is 37.8 Å².